The van der Waals surface area contributed by atoms with E-state index in [1.165, 1.54) is 6.33 Å². The molecule has 1 atom stereocenters. The van der Waals surface area contributed by atoms with Crippen molar-refractivity contribution < 1.29 is 4.74 Å². The molecule has 32 heavy (non-hydrogen) atoms. The molecule has 9 heteroatoms. The van der Waals surface area contributed by atoms with E-state index in [-0.39, 0.29) is 24.0 Å². The number of hydrogen-bond donors (Lipinski definition) is 2. The largest absolute Gasteiger partial charge is 0.495 e. The second-order valence-electron chi connectivity index (χ2n) is 7.45. The van der Waals surface area contributed by atoms with Crippen LogP contribution >= 0.6 is 24.0 Å². The van der Waals surface area contributed by atoms with Gasteiger partial charge in [-0.25, -0.2) is 14.7 Å². The molecule has 8 nitrogen and oxygen atoms in total. The summed E-state index contributed by atoms with van der Waals surface area (Å²) in [5.41, 5.74) is 3.27. The molecule has 1 aromatic heterocycles. The Morgan fingerprint density at radius 1 is 1.19 bits per heavy atom. The van der Waals surface area contributed by atoms with Crippen LogP contribution in [0.15, 0.2) is 66.2 Å². The third-order valence-corrected chi connectivity index (χ3v) is 5.34. The van der Waals surface area contributed by atoms with Crippen molar-refractivity contribution in [2.75, 3.05) is 31.6 Å². The molecule has 3 aromatic rings. The van der Waals surface area contributed by atoms with E-state index in [9.17, 15) is 0 Å². The summed E-state index contributed by atoms with van der Waals surface area (Å²) in [7, 11) is 1.72. The van der Waals surface area contributed by atoms with Crippen LogP contribution in [0.5, 0.6) is 5.75 Å². The lowest BCUT2D eigenvalue weighted by atomic mass is 10.2. The molecule has 1 unspecified atom stereocenters. The molecule has 1 saturated heterocycles. The van der Waals surface area contributed by atoms with Crippen LogP contribution in [-0.2, 0) is 6.54 Å². The second-order valence-corrected chi connectivity index (χ2v) is 7.45. The molecule has 2 N–H and O–H groups in total. The minimum Gasteiger partial charge on any atom is -0.495 e. The highest BCUT2D eigenvalue weighted by Crippen LogP contribution is 2.30. The highest BCUT2D eigenvalue weighted by Gasteiger charge is 2.25. The molecule has 0 amide bonds. The Morgan fingerprint density at radius 2 is 2.00 bits per heavy atom. The van der Waals surface area contributed by atoms with Gasteiger partial charge in [0.05, 0.1) is 25.0 Å². The average Bonchev–Trinajstić information content (AvgIpc) is 3.50. The van der Waals surface area contributed by atoms with Crippen LogP contribution in [0.3, 0.4) is 0 Å². The van der Waals surface area contributed by atoms with Crippen LogP contribution < -0.4 is 20.3 Å². The lowest BCUT2D eigenvalue weighted by Gasteiger charge is -2.22. The topological polar surface area (TPSA) is 79.6 Å². The van der Waals surface area contributed by atoms with Crippen molar-refractivity contribution in [1.29, 1.82) is 0 Å². The first-order valence-corrected chi connectivity index (χ1v) is 10.6. The van der Waals surface area contributed by atoms with E-state index >= 15 is 0 Å². The predicted octanol–water partition coefficient (Wildman–Crippen LogP) is 3.23. The summed E-state index contributed by atoms with van der Waals surface area (Å²) in [4.78, 5) is 11.1. The van der Waals surface area contributed by atoms with E-state index in [0.717, 1.165) is 54.7 Å². The molecule has 0 spiro atoms. The molecule has 0 bridgehead atoms. The number of halogens is 1. The van der Waals surface area contributed by atoms with Crippen molar-refractivity contribution in [1.82, 2.24) is 25.4 Å². The Balaban J connectivity index is 0.00000289. The first kappa shape index (κ1) is 23.8. The highest BCUT2D eigenvalue weighted by molar-refractivity contribution is 14.0. The number of nitrogens with one attached hydrogen (secondary N) is 2. The highest BCUT2D eigenvalue weighted by atomic mass is 127. The van der Waals surface area contributed by atoms with Gasteiger partial charge in [0.15, 0.2) is 5.96 Å². The maximum atomic E-state index is 5.53. The van der Waals surface area contributed by atoms with E-state index in [0.29, 0.717) is 12.6 Å². The Labute approximate surface area is 206 Å². The molecule has 170 valence electrons. The summed E-state index contributed by atoms with van der Waals surface area (Å²) in [5, 5.41) is 11.1. The maximum absolute atomic E-state index is 5.53. The minimum atomic E-state index is 0. The lowest BCUT2D eigenvalue weighted by molar-refractivity contribution is 0.415. The van der Waals surface area contributed by atoms with Gasteiger partial charge in [0.2, 0.25) is 0 Å². The van der Waals surface area contributed by atoms with E-state index in [2.05, 4.69) is 56.8 Å². The van der Waals surface area contributed by atoms with E-state index in [1.54, 1.807) is 18.1 Å². The standard InChI is InChI=1S/C23H29N7O.HI/c1-3-25-23(26-14-18-8-10-20(11-9-18)30-17-24-16-27-30)28-19-12-13-29(15-19)21-6-4-5-7-22(21)31-2;/h4-11,16-17,19H,3,12-15H2,1-2H3,(H2,25,26,28);1H. The van der Waals surface area contributed by atoms with E-state index in [4.69, 9.17) is 9.73 Å². The van der Waals surface area contributed by atoms with Gasteiger partial charge < -0.3 is 20.3 Å². The Morgan fingerprint density at radius 3 is 2.72 bits per heavy atom. The van der Waals surface area contributed by atoms with Gasteiger partial charge in [0, 0.05) is 25.7 Å². The number of hydrogen-bond acceptors (Lipinski definition) is 5. The monoisotopic (exact) mass is 547 g/mol. The van der Waals surface area contributed by atoms with Crippen LogP contribution in [0, 0.1) is 0 Å². The minimum absolute atomic E-state index is 0. The average molecular weight is 547 g/mol. The normalized spacial score (nSPS) is 15.9. The fraction of sp³-hybridized carbons (Fsp3) is 0.348. The van der Waals surface area contributed by atoms with Crippen LogP contribution in [0.1, 0.15) is 18.9 Å². The zero-order valence-electron chi connectivity index (χ0n) is 18.4. The van der Waals surface area contributed by atoms with Gasteiger partial charge in [-0.15, -0.1) is 24.0 Å². The van der Waals surface area contributed by atoms with Crippen molar-refractivity contribution in [3.05, 3.63) is 66.7 Å². The second kappa shape index (κ2) is 11.7. The van der Waals surface area contributed by atoms with Crippen LogP contribution in [-0.4, -0.2) is 53.5 Å². The zero-order valence-corrected chi connectivity index (χ0v) is 20.8. The van der Waals surface area contributed by atoms with Gasteiger partial charge >= 0.3 is 0 Å². The number of aromatic nitrogens is 3. The number of nitrogens with zero attached hydrogens (tertiary/aromatic N) is 5. The number of methoxy groups -OCH3 is 1. The van der Waals surface area contributed by atoms with Gasteiger partial charge in [0.1, 0.15) is 18.4 Å². The van der Waals surface area contributed by atoms with Crippen LogP contribution in [0.25, 0.3) is 5.69 Å². The van der Waals surface area contributed by atoms with Gasteiger partial charge in [-0.1, -0.05) is 24.3 Å². The lowest BCUT2D eigenvalue weighted by Crippen LogP contribution is -2.44. The van der Waals surface area contributed by atoms with Crippen molar-refractivity contribution in [3.8, 4) is 11.4 Å². The molecule has 0 radical (unpaired) electrons. The number of aliphatic imine (C=N–C) groups is 1. The Bertz CT molecular complexity index is 992. The third kappa shape index (κ3) is 5.90. The van der Waals surface area contributed by atoms with Gasteiger partial charge in [-0.05, 0) is 43.2 Å². The molecule has 1 aliphatic rings. The summed E-state index contributed by atoms with van der Waals surface area (Å²) >= 11 is 0. The van der Waals surface area contributed by atoms with Gasteiger partial charge in [-0.3, -0.25) is 0 Å². The zero-order chi connectivity index (χ0) is 21.5. The number of para-hydroxylation sites is 2. The molecule has 2 heterocycles. The Hall–Kier alpha value is -2.82. The number of anilines is 1. The number of guanidine groups is 1. The fourth-order valence-corrected chi connectivity index (χ4v) is 3.77. The number of ether oxygens (including phenoxy) is 1. The molecule has 2 aromatic carbocycles. The van der Waals surface area contributed by atoms with E-state index in [1.807, 2.05) is 24.3 Å². The predicted molar refractivity (Wildman–Crippen MR) is 138 cm³/mol. The SMILES string of the molecule is CCNC(=NCc1ccc(-n2cncn2)cc1)NC1CCN(c2ccccc2OC)C1.I. The summed E-state index contributed by atoms with van der Waals surface area (Å²) in [6.07, 6.45) is 4.27. The van der Waals surface area contributed by atoms with Crippen LogP contribution in [0.2, 0.25) is 0 Å². The number of rotatable bonds is 7. The maximum Gasteiger partial charge on any atom is 0.191 e. The summed E-state index contributed by atoms with van der Waals surface area (Å²) < 4.78 is 7.27. The molecule has 0 aliphatic carbocycles. The Kier molecular flexibility index (Phi) is 8.72. The van der Waals surface area contributed by atoms with Gasteiger partial charge in [0.25, 0.3) is 0 Å². The first-order chi connectivity index (χ1) is 15.3. The molecule has 1 aliphatic heterocycles. The smallest absolute Gasteiger partial charge is 0.191 e. The first-order valence-electron chi connectivity index (χ1n) is 10.6. The molecule has 4 rings (SSSR count). The van der Waals surface area contributed by atoms with Crippen molar-refractivity contribution in [3.63, 3.8) is 0 Å². The van der Waals surface area contributed by atoms with E-state index < -0.39 is 0 Å². The summed E-state index contributed by atoms with van der Waals surface area (Å²) in [6, 6.07) is 16.7. The summed E-state index contributed by atoms with van der Waals surface area (Å²) in [5.74, 6) is 1.76. The summed E-state index contributed by atoms with van der Waals surface area (Å²) in [6.45, 7) is 5.41. The molecule has 0 saturated carbocycles. The quantitative estimate of drug-likeness (QED) is 0.269. The van der Waals surface area contributed by atoms with Crippen molar-refractivity contribution >= 4 is 35.6 Å². The molecular formula is C23H30IN7O. The van der Waals surface area contributed by atoms with Crippen molar-refractivity contribution in [2.24, 2.45) is 4.99 Å². The molecule has 1 fully saturated rings. The van der Waals surface area contributed by atoms with Gasteiger partial charge in [-0.2, -0.15) is 5.10 Å². The van der Waals surface area contributed by atoms with Crippen LogP contribution in [0.4, 0.5) is 5.69 Å². The third-order valence-electron chi connectivity index (χ3n) is 5.34. The fourth-order valence-electron chi connectivity index (χ4n) is 3.77. The molecular weight excluding hydrogens is 517 g/mol. The van der Waals surface area contributed by atoms with Crippen molar-refractivity contribution in [2.45, 2.75) is 25.9 Å². The number of benzene rings is 2.